The fourth-order valence-corrected chi connectivity index (χ4v) is 2.83. The Morgan fingerprint density at radius 2 is 1.83 bits per heavy atom. The van der Waals surface area contributed by atoms with E-state index in [0.717, 1.165) is 5.56 Å². The van der Waals surface area contributed by atoms with Gasteiger partial charge in [0.2, 0.25) is 0 Å². The van der Waals surface area contributed by atoms with E-state index in [4.69, 9.17) is 31.5 Å². The topological polar surface area (TPSA) is 117 Å². The number of hydrogen-bond donors (Lipinski definition) is 2. The zero-order valence-corrected chi connectivity index (χ0v) is 16.7. The molecule has 8 nitrogen and oxygen atoms in total. The van der Waals surface area contributed by atoms with E-state index in [0.29, 0.717) is 0 Å². The van der Waals surface area contributed by atoms with Gasteiger partial charge < -0.3 is 25.3 Å². The number of rotatable bonds is 9. The number of methoxy groups -OCH3 is 2. The van der Waals surface area contributed by atoms with Gasteiger partial charge in [0.25, 0.3) is 11.8 Å². The van der Waals surface area contributed by atoms with Crippen molar-refractivity contribution >= 4 is 29.4 Å². The number of halogens is 1. The van der Waals surface area contributed by atoms with E-state index in [1.165, 1.54) is 26.4 Å². The second-order valence-electron chi connectivity index (χ2n) is 5.96. The Kier molecular flexibility index (Phi) is 7.85. The number of benzene rings is 2. The van der Waals surface area contributed by atoms with Crippen molar-refractivity contribution in [3.8, 4) is 11.5 Å². The van der Waals surface area contributed by atoms with Crippen LogP contribution in [-0.4, -0.2) is 38.6 Å². The first-order valence-electron chi connectivity index (χ1n) is 8.57. The van der Waals surface area contributed by atoms with E-state index in [1.807, 2.05) is 6.07 Å². The van der Waals surface area contributed by atoms with Gasteiger partial charge in [-0.1, -0.05) is 41.9 Å². The molecule has 0 saturated heterocycles. The molecule has 9 heteroatoms. The van der Waals surface area contributed by atoms with E-state index < -0.39 is 30.4 Å². The average Bonchev–Trinajstić information content (AvgIpc) is 2.72. The lowest BCUT2D eigenvalue weighted by molar-refractivity contribution is -0.141. The maximum atomic E-state index is 12.8. The molecule has 2 rings (SSSR count). The number of carbonyl (C=O) groups excluding carboxylic acids is 3. The van der Waals surface area contributed by atoms with Crippen molar-refractivity contribution in [2.24, 2.45) is 5.73 Å². The Morgan fingerprint density at radius 3 is 2.41 bits per heavy atom. The third-order valence-corrected chi connectivity index (χ3v) is 4.24. The summed E-state index contributed by atoms with van der Waals surface area (Å²) >= 11 is 6.19. The van der Waals surface area contributed by atoms with Crippen molar-refractivity contribution in [1.29, 1.82) is 0 Å². The highest BCUT2D eigenvalue weighted by Crippen LogP contribution is 2.36. The normalized spacial score (nSPS) is 11.3. The molecule has 0 saturated carbocycles. The first-order valence-corrected chi connectivity index (χ1v) is 8.94. The molecule has 2 aromatic carbocycles. The zero-order valence-electron chi connectivity index (χ0n) is 15.9. The van der Waals surface area contributed by atoms with Crippen LogP contribution in [0, 0.1) is 0 Å². The Morgan fingerprint density at radius 1 is 1.14 bits per heavy atom. The SMILES string of the molecule is COC(=O)CC(NC(=O)c1cc(Cl)c(OCC(N)=O)c(OC)c1)c1ccccc1. The molecule has 0 aliphatic rings. The number of nitrogens with one attached hydrogen (secondary N) is 1. The fourth-order valence-electron chi connectivity index (χ4n) is 2.56. The van der Waals surface area contributed by atoms with Gasteiger partial charge in [-0.2, -0.15) is 0 Å². The third kappa shape index (κ3) is 6.11. The molecule has 154 valence electrons. The Hall–Kier alpha value is -3.26. The predicted molar refractivity (Wildman–Crippen MR) is 106 cm³/mol. The lowest BCUT2D eigenvalue weighted by Crippen LogP contribution is -2.30. The van der Waals surface area contributed by atoms with Crippen LogP contribution in [0.5, 0.6) is 11.5 Å². The van der Waals surface area contributed by atoms with E-state index in [2.05, 4.69) is 5.32 Å². The highest BCUT2D eigenvalue weighted by Gasteiger charge is 2.22. The molecule has 29 heavy (non-hydrogen) atoms. The molecule has 0 aliphatic carbocycles. The molecule has 0 bridgehead atoms. The number of esters is 1. The van der Waals surface area contributed by atoms with Crippen LogP contribution in [0.3, 0.4) is 0 Å². The minimum absolute atomic E-state index is 0.0447. The van der Waals surface area contributed by atoms with Gasteiger partial charge in [-0.05, 0) is 17.7 Å². The van der Waals surface area contributed by atoms with Crippen LogP contribution >= 0.6 is 11.6 Å². The summed E-state index contributed by atoms with van der Waals surface area (Å²) in [5, 5.41) is 2.86. The van der Waals surface area contributed by atoms with E-state index in [9.17, 15) is 14.4 Å². The molecule has 2 amide bonds. The molecular weight excluding hydrogens is 400 g/mol. The molecule has 1 unspecified atom stereocenters. The molecule has 0 radical (unpaired) electrons. The Labute approximate surface area is 172 Å². The number of primary amides is 1. The maximum Gasteiger partial charge on any atom is 0.307 e. The first kappa shape index (κ1) is 22.0. The maximum absolute atomic E-state index is 12.8. The molecule has 1 atom stereocenters. The van der Waals surface area contributed by atoms with Crippen LogP contribution in [-0.2, 0) is 14.3 Å². The van der Waals surface area contributed by atoms with Gasteiger partial charge in [0.15, 0.2) is 18.1 Å². The molecule has 0 fully saturated rings. The van der Waals surface area contributed by atoms with E-state index in [-0.39, 0.29) is 28.5 Å². The van der Waals surface area contributed by atoms with Crippen molar-refractivity contribution < 1.29 is 28.6 Å². The summed E-state index contributed by atoms with van der Waals surface area (Å²) in [6, 6.07) is 11.2. The van der Waals surface area contributed by atoms with Crippen molar-refractivity contribution in [3.05, 3.63) is 58.6 Å². The van der Waals surface area contributed by atoms with E-state index in [1.54, 1.807) is 24.3 Å². The summed E-state index contributed by atoms with van der Waals surface area (Å²) < 4.78 is 15.2. The van der Waals surface area contributed by atoms with E-state index >= 15 is 0 Å². The van der Waals surface area contributed by atoms with Crippen molar-refractivity contribution in [3.63, 3.8) is 0 Å². The average molecular weight is 421 g/mol. The van der Waals surface area contributed by atoms with Crippen LogP contribution in [0.25, 0.3) is 0 Å². The summed E-state index contributed by atoms with van der Waals surface area (Å²) in [4.78, 5) is 35.5. The Balaban J connectivity index is 2.28. The van der Waals surface area contributed by atoms with Crippen LogP contribution < -0.4 is 20.5 Å². The molecule has 0 heterocycles. The Bertz CT molecular complexity index is 888. The number of carbonyl (C=O) groups is 3. The van der Waals surface area contributed by atoms with Gasteiger partial charge in [0.05, 0.1) is 31.7 Å². The zero-order chi connectivity index (χ0) is 21.4. The minimum atomic E-state index is -0.682. The standard InChI is InChI=1S/C20H21ClN2O6/c1-27-16-9-13(8-14(21)19(16)29-11-17(22)24)20(26)23-15(10-18(25)28-2)12-6-4-3-5-7-12/h3-9,15H,10-11H2,1-2H3,(H2,22,24)(H,23,26). The highest BCUT2D eigenvalue weighted by molar-refractivity contribution is 6.32. The number of amides is 2. The molecule has 0 aromatic heterocycles. The number of nitrogens with two attached hydrogens (primary N) is 1. The van der Waals surface area contributed by atoms with Crippen LogP contribution in [0.1, 0.15) is 28.4 Å². The third-order valence-electron chi connectivity index (χ3n) is 3.96. The summed E-state index contributed by atoms with van der Waals surface area (Å²) in [5.41, 5.74) is 6.00. The fraction of sp³-hybridized carbons (Fsp3) is 0.250. The molecule has 0 aliphatic heterocycles. The molecule has 3 N–H and O–H groups in total. The predicted octanol–water partition coefficient (Wildman–Crippen LogP) is 2.25. The smallest absolute Gasteiger partial charge is 0.307 e. The van der Waals surface area contributed by atoms with Gasteiger partial charge in [-0.25, -0.2) is 0 Å². The van der Waals surface area contributed by atoms with Gasteiger partial charge in [0.1, 0.15) is 0 Å². The van der Waals surface area contributed by atoms with Crippen LogP contribution in [0.2, 0.25) is 5.02 Å². The molecule has 0 spiro atoms. The first-order chi connectivity index (χ1) is 13.8. The molecular formula is C20H21ClN2O6. The van der Waals surface area contributed by atoms with Gasteiger partial charge >= 0.3 is 5.97 Å². The van der Waals surface area contributed by atoms with Crippen molar-refractivity contribution in [1.82, 2.24) is 5.32 Å². The minimum Gasteiger partial charge on any atom is -0.493 e. The summed E-state index contributed by atoms with van der Waals surface area (Å²) in [6.45, 7) is -0.392. The largest absolute Gasteiger partial charge is 0.493 e. The van der Waals surface area contributed by atoms with Crippen LogP contribution in [0.15, 0.2) is 42.5 Å². The quantitative estimate of drug-likeness (QED) is 0.601. The molecule has 2 aromatic rings. The number of hydrogen-bond acceptors (Lipinski definition) is 6. The van der Waals surface area contributed by atoms with Crippen LogP contribution in [0.4, 0.5) is 0 Å². The second kappa shape index (κ2) is 10.3. The van der Waals surface area contributed by atoms with Crippen molar-refractivity contribution in [2.75, 3.05) is 20.8 Å². The number of ether oxygens (including phenoxy) is 3. The highest BCUT2D eigenvalue weighted by atomic mass is 35.5. The second-order valence-corrected chi connectivity index (χ2v) is 6.37. The van der Waals surface area contributed by atoms with Gasteiger partial charge in [0, 0.05) is 5.56 Å². The van der Waals surface area contributed by atoms with Gasteiger partial charge in [-0.15, -0.1) is 0 Å². The summed E-state index contributed by atoms with van der Waals surface area (Å²) in [6.07, 6.45) is -0.0447. The van der Waals surface area contributed by atoms with Gasteiger partial charge in [-0.3, -0.25) is 14.4 Å². The van der Waals surface area contributed by atoms with Crippen molar-refractivity contribution in [2.45, 2.75) is 12.5 Å². The lowest BCUT2D eigenvalue weighted by Gasteiger charge is -2.19. The lowest BCUT2D eigenvalue weighted by atomic mass is 10.0. The summed E-state index contributed by atoms with van der Waals surface area (Å²) in [5.74, 6) is -1.38. The monoisotopic (exact) mass is 420 g/mol. The summed E-state index contributed by atoms with van der Waals surface area (Å²) in [7, 11) is 2.65.